The second-order valence-corrected chi connectivity index (χ2v) is 6.01. The van der Waals surface area contributed by atoms with Crippen LogP contribution in [0.4, 0.5) is 0 Å². The molecule has 0 spiro atoms. The number of nitrogens with one attached hydrogen (secondary N) is 1. The molecular formula is C17H22N2O. The summed E-state index contributed by atoms with van der Waals surface area (Å²) in [4.78, 5) is 4.19. The Kier molecular flexibility index (Phi) is 4.40. The molecule has 0 aliphatic heterocycles. The zero-order valence-electron chi connectivity index (χ0n) is 12.6. The van der Waals surface area contributed by atoms with Crippen LogP contribution in [-0.4, -0.2) is 10.5 Å². The highest BCUT2D eigenvalue weighted by molar-refractivity contribution is 5.37. The van der Waals surface area contributed by atoms with Crippen molar-refractivity contribution in [2.75, 3.05) is 0 Å². The van der Waals surface area contributed by atoms with Crippen LogP contribution in [0.5, 0.6) is 11.5 Å². The van der Waals surface area contributed by atoms with Crippen molar-refractivity contribution >= 4 is 0 Å². The molecule has 1 heterocycles. The van der Waals surface area contributed by atoms with Gasteiger partial charge in [0.25, 0.3) is 0 Å². The highest BCUT2D eigenvalue weighted by Gasteiger charge is 2.11. The SMILES string of the molecule is Cc1cccc(Oc2ccncc2CNC(C)(C)C)c1. The summed E-state index contributed by atoms with van der Waals surface area (Å²) in [5, 5.41) is 3.46. The maximum atomic E-state index is 5.98. The Balaban J connectivity index is 2.15. The van der Waals surface area contributed by atoms with Gasteiger partial charge in [-0.3, -0.25) is 4.98 Å². The Morgan fingerprint density at radius 3 is 2.70 bits per heavy atom. The molecule has 0 aliphatic carbocycles. The van der Waals surface area contributed by atoms with Crippen molar-refractivity contribution in [2.45, 2.75) is 39.8 Å². The first kappa shape index (κ1) is 14.5. The number of rotatable bonds is 4. The number of aromatic nitrogens is 1. The van der Waals surface area contributed by atoms with Crippen LogP contribution in [0, 0.1) is 6.92 Å². The van der Waals surface area contributed by atoms with Crippen LogP contribution in [0.2, 0.25) is 0 Å². The first-order chi connectivity index (χ1) is 9.44. The standard InChI is InChI=1S/C17H22N2O/c1-13-6-5-7-15(10-13)20-16-8-9-18-11-14(16)12-19-17(2,3)4/h5-11,19H,12H2,1-4H3. The van der Waals surface area contributed by atoms with Crippen molar-refractivity contribution in [2.24, 2.45) is 0 Å². The summed E-state index contributed by atoms with van der Waals surface area (Å²) in [6.07, 6.45) is 3.61. The molecule has 20 heavy (non-hydrogen) atoms. The van der Waals surface area contributed by atoms with E-state index < -0.39 is 0 Å². The molecule has 0 bridgehead atoms. The fourth-order valence-electron chi connectivity index (χ4n) is 1.81. The highest BCUT2D eigenvalue weighted by atomic mass is 16.5. The van der Waals surface area contributed by atoms with Crippen LogP contribution < -0.4 is 10.1 Å². The van der Waals surface area contributed by atoms with Gasteiger partial charge >= 0.3 is 0 Å². The summed E-state index contributed by atoms with van der Waals surface area (Å²) in [5.41, 5.74) is 2.31. The van der Waals surface area contributed by atoms with E-state index in [0.717, 1.165) is 23.6 Å². The lowest BCUT2D eigenvalue weighted by Gasteiger charge is -2.21. The highest BCUT2D eigenvalue weighted by Crippen LogP contribution is 2.25. The monoisotopic (exact) mass is 270 g/mol. The number of pyridine rings is 1. The maximum absolute atomic E-state index is 5.98. The van der Waals surface area contributed by atoms with Gasteiger partial charge in [0, 0.05) is 30.0 Å². The summed E-state index contributed by atoms with van der Waals surface area (Å²) >= 11 is 0. The lowest BCUT2D eigenvalue weighted by molar-refractivity contribution is 0.413. The minimum atomic E-state index is 0.0659. The minimum absolute atomic E-state index is 0.0659. The summed E-state index contributed by atoms with van der Waals surface area (Å²) in [7, 11) is 0. The number of nitrogens with zero attached hydrogens (tertiary/aromatic N) is 1. The van der Waals surface area contributed by atoms with E-state index in [1.807, 2.05) is 30.5 Å². The normalized spacial score (nSPS) is 11.4. The van der Waals surface area contributed by atoms with Crippen molar-refractivity contribution in [1.29, 1.82) is 0 Å². The molecule has 0 saturated carbocycles. The molecule has 1 N–H and O–H groups in total. The van der Waals surface area contributed by atoms with E-state index in [0.29, 0.717) is 0 Å². The summed E-state index contributed by atoms with van der Waals surface area (Å²) < 4.78 is 5.98. The van der Waals surface area contributed by atoms with Crippen LogP contribution in [0.3, 0.4) is 0 Å². The summed E-state index contributed by atoms with van der Waals surface area (Å²) in [6, 6.07) is 9.96. The largest absolute Gasteiger partial charge is 0.457 e. The third-order valence-corrected chi connectivity index (χ3v) is 2.89. The molecule has 0 atom stereocenters. The summed E-state index contributed by atoms with van der Waals surface area (Å²) in [5.74, 6) is 1.70. The van der Waals surface area contributed by atoms with Gasteiger partial charge in [0.15, 0.2) is 0 Å². The Morgan fingerprint density at radius 1 is 1.20 bits per heavy atom. The first-order valence-corrected chi connectivity index (χ1v) is 6.86. The smallest absolute Gasteiger partial charge is 0.134 e. The van der Waals surface area contributed by atoms with E-state index in [9.17, 15) is 0 Å². The molecule has 3 heteroatoms. The molecule has 0 unspecified atom stereocenters. The summed E-state index contributed by atoms with van der Waals surface area (Å²) in [6.45, 7) is 9.22. The lowest BCUT2D eigenvalue weighted by Crippen LogP contribution is -2.35. The van der Waals surface area contributed by atoms with E-state index in [4.69, 9.17) is 4.74 Å². The Morgan fingerprint density at radius 2 is 2.00 bits per heavy atom. The zero-order valence-corrected chi connectivity index (χ0v) is 12.6. The predicted octanol–water partition coefficient (Wildman–Crippen LogP) is 4.07. The van der Waals surface area contributed by atoms with Gasteiger partial charge in [0.2, 0.25) is 0 Å². The molecule has 1 aromatic carbocycles. The van der Waals surface area contributed by atoms with Crippen molar-refractivity contribution in [3.8, 4) is 11.5 Å². The maximum Gasteiger partial charge on any atom is 0.134 e. The molecule has 0 saturated heterocycles. The van der Waals surface area contributed by atoms with Crippen molar-refractivity contribution in [3.05, 3.63) is 53.9 Å². The molecular weight excluding hydrogens is 248 g/mol. The zero-order chi connectivity index (χ0) is 14.6. The Bertz CT molecular complexity index is 573. The van der Waals surface area contributed by atoms with Gasteiger partial charge < -0.3 is 10.1 Å². The lowest BCUT2D eigenvalue weighted by atomic mass is 10.1. The Labute approximate surface area is 121 Å². The minimum Gasteiger partial charge on any atom is -0.457 e. The fourth-order valence-corrected chi connectivity index (χ4v) is 1.81. The van der Waals surface area contributed by atoms with Crippen LogP contribution >= 0.6 is 0 Å². The first-order valence-electron chi connectivity index (χ1n) is 6.86. The predicted molar refractivity (Wildman–Crippen MR) is 82.1 cm³/mol. The third kappa shape index (κ3) is 4.35. The van der Waals surface area contributed by atoms with E-state index in [1.54, 1.807) is 6.20 Å². The van der Waals surface area contributed by atoms with Crippen LogP contribution in [0.15, 0.2) is 42.7 Å². The second-order valence-electron chi connectivity index (χ2n) is 6.01. The van der Waals surface area contributed by atoms with Crippen LogP contribution in [0.25, 0.3) is 0 Å². The van der Waals surface area contributed by atoms with Crippen molar-refractivity contribution in [1.82, 2.24) is 10.3 Å². The average Bonchev–Trinajstić information content (AvgIpc) is 2.37. The molecule has 0 aliphatic rings. The number of benzene rings is 1. The molecule has 1 aromatic heterocycles. The van der Waals surface area contributed by atoms with Gasteiger partial charge in [-0.2, -0.15) is 0 Å². The van der Waals surface area contributed by atoms with E-state index in [1.165, 1.54) is 5.56 Å². The van der Waals surface area contributed by atoms with Crippen LogP contribution in [0.1, 0.15) is 31.9 Å². The molecule has 0 fully saturated rings. The van der Waals surface area contributed by atoms with Crippen LogP contribution in [-0.2, 0) is 6.54 Å². The van der Waals surface area contributed by atoms with Gasteiger partial charge in [0.1, 0.15) is 11.5 Å². The molecule has 0 amide bonds. The van der Waals surface area contributed by atoms with Gasteiger partial charge in [-0.05, 0) is 51.5 Å². The fraction of sp³-hybridized carbons (Fsp3) is 0.353. The van der Waals surface area contributed by atoms with E-state index in [-0.39, 0.29) is 5.54 Å². The number of aryl methyl sites for hydroxylation is 1. The van der Waals surface area contributed by atoms with E-state index >= 15 is 0 Å². The van der Waals surface area contributed by atoms with Gasteiger partial charge in [-0.15, -0.1) is 0 Å². The van der Waals surface area contributed by atoms with Gasteiger partial charge in [-0.1, -0.05) is 12.1 Å². The van der Waals surface area contributed by atoms with Gasteiger partial charge in [0.05, 0.1) is 0 Å². The number of hydrogen-bond donors (Lipinski definition) is 1. The molecule has 0 radical (unpaired) electrons. The number of ether oxygens (including phenoxy) is 1. The van der Waals surface area contributed by atoms with Crippen molar-refractivity contribution < 1.29 is 4.74 Å². The molecule has 3 nitrogen and oxygen atoms in total. The van der Waals surface area contributed by atoms with Crippen molar-refractivity contribution in [3.63, 3.8) is 0 Å². The second kappa shape index (κ2) is 6.06. The molecule has 106 valence electrons. The number of hydrogen-bond acceptors (Lipinski definition) is 3. The topological polar surface area (TPSA) is 34.1 Å². The third-order valence-electron chi connectivity index (χ3n) is 2.89. The quantitative estimate of drug-likeness (QED) is 0.909. The molecule has 2 aromatic rings. The average molecular weight is 270 g/mol. The van der Waals surface area contributed by atoms with E-state index in [2.05, 4.69) is 44.1 Å². The molecule has 2 rings (SSSR count). The van der Waals surface area contributed by atoms with Gasteiger partial charge in [-0.25, -0.2) is 0 Å². The Hall–Kier alpha value is -1.87.